The predicted octanol–water partition coefficient (Wildman–Crippen LogP) is 1.62. The van der Waals surface area contributed by atoms with Crippen LogP contribution >= 0.6 is 11.3 Å². The van der Waals surface area contributed by atoms with Crippen LogP contribution in [0.2, 0.25) is 0 Å². The molecule has 0 saturated heterocycles. The lowest BCUT2D eigenvalue weighted by Gasteiger charge is -2.17. The van der Waals surface area contributed by atoms with Crippen LogP contribution in [0.4, 0.5) is 5.69 Å². The summed E-state index contributed by atoms with van der Waals surface area (Å²) in [7, 11) is 0. The highest BCUT2D eigenvalue weighted by atomic mass is 32.1. The maximum Gasteiger partial charge on any atom is 0.227 e. The molecule has 2 rings (SSSR count). The Hall–Kier alpha value is -1.16. The van der Waals surface area contributed by atoms with E-state index in [1.54, 1.807) is 16.2 Å². The van der Waals surface area contributed by atoms with Gasteiger partial charge in [0, 0.05) is 11.3 Å². The smallest absolute Gasteiger partial charge is 0.227 e. The highest BCUT2D eigenvalue weighted by molar-refractivity contribution is 7.10. The molecule has 1 aliphatic heterocycles. The van der Waals surface area contributed by atoms with Crippen molar-refractivity contribution in [1.82, 2.24) is 0 Å². The van der Waals surface area contributed by atoms with Crippen LogP contribution in [0.1, 0.15) is 17.7 Å². The SMILES string of the molecule is O=CCN1C(=O)CCCc2sccc21. The topological polar surface area (TPSA) is 37.4 Å². The largest absolute Gasteiger partial charge is 0.304 e. The predicted molar refractivity (Wildman–Crippen MR) is 55.7 cm³/mol. The zero-order valence-corrected chi connectivity index (χ0v) is 8.55. The number of thiophene rings is 1. The maximum absolute atomic E-state index is 11.6. The number of rotatable bonds is 2. The number of amides is 1. The van der Waals surface area contributed by atoms with E-state index >= 15 is 0 Å². The molecule has 0 fully saturated rings. The quantitative estimate of drug-likeness (QED) is 0.694. The summed E-state index contributed by atoms with van der Waals surface area (Å²) in [5, 5.41) is 1.97. The molecule has 1 aromatic heterocycles. The van der Waals surface area contributed by atoms with Gasteiger partial charge in [0.1, 0.15) is 6.29 Å². The monoisotopic (exact) mass is 209 g/mol. The molecule has 0 saturated carbocycles. The zero-order valence-electron chi connectivity index (χ0n) is 7.73. The molecule has 0 unspecified atom stereocenters. The third-order valence-electron chi connectivity index (χ3n) is 2.37. The minimum Gasteiger partial charge on any atom is -0.304 e. The van der Waals surface area contributed by atoms with Crippen molar-refractivity contribution in [2.75, 3.05) is 11.4 Å². The van der Waals surface area contributed by atoms with Crippen LogP contribution in [0.15, 0.2) is 11.4 Å². The molecule has 1 amide bonds. The van der Waals surface area contributed by atoms with Crippen molar-refractivity contribution >= 4 is 29.2 Å². The average molecular weight is 209 g/mol. The third kappa shape index (κ3) is 1.57. The first-order valence-electron chi connectivity index (χ1n) is 4.63. The molecule has 4 heteroatoms. The number of carbonyl (C=O) groups is 2. The van der Waals surface area contributed by atoms with Crippen molar-refractivity contribution in [3.8, 4) is 0 Å². The van der Waals surface area contributed by atoms with E-state index in [2.05, 4.69) is 0 Å². The van der Waals surface area contributed by atoms with Crippen LogP contribution < -0.4 is 4.90 Å². The second kappa shape index (κ2) is 3.92. The summed E-state index contributed by atoms with van der Waals surface area (Å²) in [6, 6.07) is 1.92. The number of fused-ring (bicyclic) bond motifs is 1. The van der Waals surface area contributed by atoms with Crippen molar-refractivity contribution in [1.29, 1.82) is 0 Å². The van der Waals surface area contributed by atoms with Crippen molar-refractivity contribution in [3.05, 3.63) is 16.3 Å². The first-order chi connectivity index (χ1) is 6.83. The van der Waals surface area contributed by atoms with E-state index in [4.69, 9.17) is 0 Å². The van der Waals surface area contributed by atoms with Crippen molar-refractivity contribution in [3.63, 3.8) is 0 Å². The summed E-state index contributed by atoms with van der Waals surface area (Å²) in [5.41, 5.74) is 0.935. The summed E-state index contributed by atoms with van der Waals surface area (Å²) in [6.45, 7) is 0.183. The highest BCUT2D eigenvalue weighted by Gasteiger charge is 2.22. The van der Waals surface area contributed by atoms with Gasteiger partial charge in [-0.2, -0.15) is 0 Å². The van der Waals surface area contributed by atoms with Crippen molar-refractivity contribution < 1.29 is 9.59 Å². The van der Waals surface area contributed by atoms with Gasteiger partial charge in [-0.15, -0.1) is 11.3 Å². The fourth-order valence-corrected chi connectivity index (χ4v) is 2.63. The number of anilines is 1. The molecule has 0 aliphatic carbocycles. The molecular formula is C10H11NO2S. The molecule has 0 atom stereocenters. The molecule has 3 nitrogen and oxygen atoms in total. The van der Waals surface area contributed by atoms with Gasteiger partial charge < -0.3 is 9.69 Å². The number of nitrogens with zero attached hydrogens (tertiary/aromatic N) is 1. The van der Waals surface area contributed by atoms with Crippen molar-refractivity contribution in [2.24, 2.45) is 0 Å². The van der Waals surface area contributed by atoms with E-state index in [0.717, 1.165) is 24.8 Å². The van der Waals surface area contributed by atoms with Gasteiger partial charge in [0.25, 0.3) is 0 Å². The second-order valence-corrected chi connectivity index (χ2v) is 4.25. The number of carbonyl (C=O) groups excluding carboxylic acids is 2. The zero-order chi connectivity index (χ0) is 9.97. The fourth-order valence-electron chi connectivity index (χ4n) is 1.71. The summed E-state index contributed by atoms with van der Waals surface area (Å²) < 4.78 is 0. The number of hydrogen-bond donors (Lipinski definition) is 0. The molecule has 14 heavy (non-hydrogen) atoms. The van der Waals surface area contributed by atoms with Gasteiger partial charge in [-0.3, -0.25) is 4.79 Å². The van der Waals surface area contributed by atoms with Gasteiger partial charge in [-0.1, -0.05) is 0 Å². The van der Waals surface area contributed by atoms with E-state index in [1.165, 1.54) is 4.88 Å². The first kappa shape index (κ1) is 9.40. The lowest BCUT2D eigenvalue weighted by molar-refractivity contribution is -0.119. The molecule has 74 valence electrons. The van der Waals surface area contributed by atoms with Crippen LogP contribution in [0.3, 0.4) is 0 Å². The molecular weight excluding hydrogens is 198 g/mol. The van der Waals surface area contributed by atoms with E-state index in [9.17, 15) is 9.59 Å². The Balaban J connectivity index is 2.36. The van der Waals surface area contributed by atoms with E-state index < -0.39 is 0 Å². The van der Waals surface area contributed by atoms with Crippen molar-refractivity contribution in [2.45, 2.75) is 19.3 Å². The fraction of sp³-hybridized carbons (Fsp3) is 0.400. The van der Waals surface area contributed by atoms with Gasteiger partial charge in [-0.25, -0.2) is 0 Å². The lowest BCUT2D eigenvalue weighted by Crippen LogP contribution is -2.31. The lowest BCUT2D eigenvalue weighted by atomic mass is 10.2. The molecule has 0 aromatic carbocycles. The Morgan fingerprint density at radius 2 is 2.36 bits per heavy atom. The van der Waals surface area contributed by atoms with Gasteiger partial charge in [0.05, 0.1) is 12.2 Å². The third-order valence-corrected chi connectivity index (χ3v) is 3.34. The Labute approximate surface area is 86.3 Å². The molecule has 0 radical (unpaired) electrons. The molecule has 2 heterocycles. The average Bonchev–Trinajstić information content (AvgIpc) is 2.57. The van der Waals surface area contributed by atoms with E-state index in [1.807, 2.05) is 11.4 Å². The Morgan fingerprint density at radius 1 is 1.50 bits per heavy atom. The van der Waals surface area contributed by atoms with Crippen LogP contribution in [0, 0.1) is 0 Å². The molecule has 0 N–H and O–H groups in total. The first-order valence-corrected chi connectivity index (χ1v) is 5.51. The Bertz CT molecular complexity index is 359. The maximum atomic E-state index is 11.6. The summed E-state index contributed by atoms with van der Waals surface area (Å²) >= 11 is 1.66. The number of hydrogen-bond acceptors (Lipinski definition) is 3. The van der Waals surface area contributed by atoms with Crippen LogP contribution in [-0.4, -0.2) is 18.7 Å². The summed E-state index contributed by atoms with van der Waals surface area (Å²) in [4.78, 5) is 24.9. The van der Waals surface area contributed by atoms with E-state index in [-0.39, 0.29) is 12.5 Å². The number of aryl methyl sites for hydroxylation is 1. The second-order valence-electron chi connectivity index (χ2n) is 3.25. The van der Waals surface area contributed by atoms with Gasteiger partial charge in [0.15, 0.2) is 0 Å². The molecule has 1 aliphatic rings. The summed E-state index contributed by atoms with van der Waals surface area (Å²) in [6.07, 6.45) is 3.18. The van der Waals surface area contributed by atoms with Crippen LogP contribution in [0.5, 0.6) is 0 Å². The molecule has 1 aromatic rings. The van der Waals surface area contributed by atoms with Gasteiger partial charge in [0.2, 0.25) is 5.91 Å². The minimum atomic E-state index is 0.0641. The van der Waals surface area contributed by atoms with Gasteiger partial charge in [-0.05, 0) is 24.3 Å². The van der Waals surface area contributed by atoms with E-state index in [0.29, 0.717) is 6.42 Å². The molecule has 0 spiro atoms. The normalized spacial score (nSPS) is 16.3. The van der Waals surface area contributed by atoms with Gasteiger partial charge >= 0.3 is 0 Å². The Kier molecular flexibility index (Phi) is 2.63. The Morgan fingerprint density at radius 3 is 3.14 bits per heavy atom. The number of aldehydes is 1. The highest BCUT2D eigenvalue weighted by Crippen LogP contribution is 2.30. The standard InChI is InChI=1S/C10H11NO2S/c12-6-5-11-8-4-7-14-9(8)2-1-3-10(11)13/h4,6-7H,1-3,5H2. The van der Waals surface area contributed by atoms with Crippen LogP contribution in [-0.2, 0) is 16.0 Å². The molecule has 0 bridgehead atoms. The summed E-state index contributed by atoms with van der Waals surface area (Å²) in [5.74, 6) is 0.0641. The minimum absolute atomic E-state index is 0.0641. The van der Waals surface area contributed by atoms with Crippen LogP contribution in [0.25, 0.3) is 0 Å².